The lowest BCUT2D eigenvalue weighted by molar-refractivity contribution is -0.117. The lowest BCUT2D eigenvalue weighted by Crippen LogP contribution is -2.36. The number of carbonyl (C=O) groups excluding carboxylic acids is 1. The molecule has 0 radical (unpaired) electrons. The van der Waals surface area contributed by atoms with E-state index in [4.69, 9.17) is 0 Å². The molecule has 5 heteroatoms. The van der Waals surface area contributed by atoms with Gasteiger partial charge < -0.3 is 15.3 Å². The van der Waals surface area contributed by atoms with Crippen LogP contribution >= 0.6 is 11.3 Å². The molecule has 1 saturated heterocycles. The van der Waals surface area contributed by atoms with Gasteiger partial charge in [0.15, 0.2) is 0 Å². The SMILES string of the molecule is CC(NCC(C)(O)c1cccs1)c1ccc(N2CCCC2=O)cc1. The summed E-state index contributed by atoms with van der Waals surface area (Å²) in [5.41, 5.74) is 1.25. The summed E-state index contributed by atoms with van der Waals surface area (Å²) in [4.78, 5) is 14.6. The fourth-order valence-electron chi connectivity index (χ4n) is 3.01. The third-order valence-corrected chi connectivity index (χ3v) is 5.71. The summed E-state index contributed by atoms with van der Waals surface area (Å²) in [7, 11) is 0. The van der Waals surface area contributed by atoms with Crippen LogP contribution < -0.4 is 10.2 Å². The first kappa shape index (κ1) is 17.1. The van der Waals surface area contributed by atoms with Crippen molar-refractivity contribution in [3.8, 4) is 0 Å². The van der Waals surface area contributed by atoms with Crippen molar-refractivity contribution in [3.05, 3.63) is 52.2 Å². The summed E-state index contributed by atoms with van der Waals surface area (Å²) in [6.45, 7) is 5.22. The average Bonchev–Trinajstić information content (AvgIpc) is 3.25. The molecular weight excluding hydrogens is 320 g/mol. The monoisotopic (exact) mass is 344 g/mol. The third kappa shape index (κ3) is 3.69. The quantitative estimate of drug-likeness (QED) is 0.844. The maximum absolute atomic E-state index is 11.8. The van der Waals surface area contributed by atoms with Gasteiger partial charge in [0, 0.05) is 36.1 Å². The fraction of sp³-hybridized carbons (Fsp3) is 0.421. The molecule has 1 aliphatic rings. The van der Waals surface area contributed by atoms with Gasteiger partial charge in [-0.25, -0.2) is 0 Å². The van der Waals surface area contributed by atoms with Gasteiger partial charge in [-0.3, -0.25) is 4.79 Å². The minimum atomic E-state index is -0.871. The Morgan fingerprint density at radius 2 is 2.08 bits per heavy atom. The lowest BCUT2D eigenvalue weighted by atomic mass is 10.0. The van der Waals surface area contributed by atoms with Crippen molar-refractivity contribution >= 4 is 22.9 Å². The van der Waals surface area contributed by atoms with Crippen molar-refractivity contribution in [2.75, 3.05) is 18.0 Å². The molecule has 0 saturated carbocycles. The molecule has 3 rings (SSSR count). The highest BCUT2D eigenvalue weighted by Crippen LogP contribution is 2.26. The van der Waals surface area contributed by atoms with Crippen molar-refractivity contribution in [2.24, 2.45) is 0 Å². The summed E-state index contributed by atoms with van der Waals surface area (Å²) in [5.74, 6) is 0.209. The van der Waals surface area contributed by atoms with Gasteiger partial charge in [-0.15, -0.1) is 11.3 Å². The van der Waals surface area contributed by atoms with Crippen LogP contribution in [0.25, 0.3) is 0 Å². The van der Waals surface area contributed by atoms with Crippen LogP contribution in [0.2, 0.25) is 0 Å². The van der Waals surface area contributed by atoms with E-state index in [1.54, 1.807) is 11.3 Å². The maximum atomic E-state index is 11.8. The van der Waals surface area contributed by atoms with Crippen LogP contribution in [0.1, 0.15) is 43.2 Å². The second-order valence-electron chi connectivity index (χ2n) is 6.59. The highest BCUT2D eigenvalue weighted by molar-refractivity contribution is 7.10. The molecule has 1 aromatic carbocycles. The number of hydrogen-bond acceptors (Lipinski definition) is 4. The Hall–Kier alpha value is -1.69. The summed E-state index contributed by atoms with van der Waals surface area (Å²) >= 11 is 1.57. The Balaban J connectivity index is 1.61. The second kappa shape index (κ2) is 7.05. The van der Waals surface area contributed by atoms with E-state index >= 15 is 0 Å². The molecule has 2 N–H and O–H groups in total. The highest BCUT2D eigenvalue weighted by atomic mass is 32.1. The molecule has 0 spiro atoms. The number of benzene rings is 1. The molecule has 2 aromatic rings. The van der Waals surface area contributed by atoms with E-state index in [0.29, 0.717) is 13.0 Å². The van der Waals surface area contributed by atoms with Crippen LogP contribution in [0, 0.1) is 0 Å². The van der Waals surface area contributed by atoms with E-state index < -0.39 is 5.60 Å². The van der Waals surface area contributed by atoms with Crippen LogP contribution in [0.5, 0.6) is 0 Å². The number of rotatable bonds is 6. The molecule has 1 aliphatic heterocycles. The molecule has 1 aromatic heterocycles. The number of aliphatic hydroxyl groups is 1. The van der Waals surface area contributed by atoms with Crippen molar-refractivity contribution in [1.29, 1.82) is 0 Å². The van der Waals surface area contributed by atoms with Crippen molar-refractivity contribution < 1.29 is 9.90 Å². The van der Waals surface area contributed by atoms with Crippen LogP contribution in [-0.2, 0) is 10.4 Å². The van der Waals surface area contributed by atoms with Gasteiger partial charge in [0.25, 0.3) is 0 Å². The molecular formula is C19H24N2O2S. The molecule has 2 atom stereocenters. The normalized spacial score (nSPS) is 18.6. The number of carbonyl (C=O) groups is 1. The molecule has 2 heterocycles. The zero-order chi connectivity index (χ0) is 17.2. The Morgan fingerprint density at radius 3 is 2.67 bits per heavy atom. The molecule has 0 aliphatic carbocycles. The summed E-state index contributed by atoms with van der Waals surface area (Å²) in [5, 5.41) is 16.0. The van der Waals surface area contributed by atoms with E-state index in [0.717, 1.165) is 29.1 Å². The largest absolute Gasteiger partial charge is 0.383 e. The first-order valence-electron chi connectivity index (χ1n) is 8.37. The summed E-state index contributed by atoms with van der Waals surface area (Å²) in [6, 6.07) is 12.2. The molecule has 24 heavy (non-hydrogen) atoms. The number of hydrogen-bond donors (Lipinski definition) is 2. The highest BCUT2D eigenvalue weighted by Gasteiger charge is 2.25. The average molecular weight is 344 g/mol. The van der Waals surface area contributed by atoms with E-state index in [9.17, 15) is 9.90 Å². The fourth-order valence-corrected chi connectivity index (χ4v) is 3.79. The van der Waals surface area contributed by atoms with E-state index in [1.165, 1.54) is 0 Å². The van der Waals surface area contributed by atoms with Crippen molar-refractivity contribution in [2.45, 2.75) is 38.3 Å². The van der Waals surface area contributed by atoms with Gasteiger partial charge in [-0.05, 0) is 49.4 Å². The van der Waals surface area contributed by atoms with Crippen molar-refractivity contribution in [3.63, 3.8) is 0 Å². The number of nitrogens with one attached hydrogen (secondary N) is 1. The number of thiophene rings is 1. The first-order valence-corrected chi connectivity index (χ1v) is 9.25. The smallest absolute Gasteiger partial charge is 0.227 e. The molecule has 2 unspecified atom stereocenters. The van der Waals surface area contributed by atoms with E-state index in [1.807, 2.05) is 41.5 Å². The summed E-state index contributed by atoms with van der Waals surface area (Å²) < 4.78 is 0. The Kier molecular flexibility index (Phi) is 5.04. The predicted molar refractivity (Wildman–Crippen MR) is 98.3 cm³/mol. The van der Waals surface area contributed by atoms with Gasteiger partial charge in [-0.2, -0.15) is 0 Å². The van der Waals surface area contributed by atoms with E-state index in [-0.39, 0.29) is 11.9 Å². The molecule has 4 nitrogen and oxygen atoms in total. The molecule has 128 valence electrons. The minimum absolute atomic E-state index is 0.125. The van der Waals surface area contributed by atoms with Crippen LogP contribution in [-0.4, -0.2) is 24.1 Å². The molecule has 0 bridgehead atoms. The second-order valence-corrected chi connectivity index (χ2v) is 7.54. The Labute approximate surface area is 147 Å². The lowest BCUT2D eigenvalue weighted by Gasteiger charge is -2.25. The van der Waals surface area contributed by atoms with Gasteiger partial charge in [0.1, 0.15) is 5.60 Å². The predicted octanol–water partition coefficient (Wildman–Crippen LogP) is 3.43. The van der Waals surface area contributed by atoms with Crippen LogP contribution in [0.15, 0.2) is 41.8 Å². The van der Waals surface area contributed by atoms with Crippen molar-refractivity contribution in [1.82, 2.24) is 5.32 Å². The van der Waals surface area contributed by atoms with Gasteiger partial charge in [0.2, 0.25) is 5.91 Å². The maximum Gasteiger partial charge on any atom is 0.227 e. The van der Waals surface area contributed by atoms with Crippen LogP contribution in [0.4, 0.5) is 5.69 Å². The van der Waals surface area contributed by atoms with Gasteiger partial charge in [-0.1, -0.05) is 18.2 Å². The topological polar surface area (TPSA) is 52.6 Å². The van der Waals surface area contributed by atoms with E-state index in [2.05, 4.69) is 24.4 Å². The zero-order valence-electron chi connectivity index (χ0n) is 14.2. The molecule has 1 amide bonds. The van der Waals surface area contributed by atoms with Gasteiger partial charge in [0.05, 0.1) is 0 Å². The Morgan fingerprint density at radius 1 is 1.33 bits per heavy atom. The van der Waals surface area contributed by atoms with Crippen LogP contribution in [0.3, 0.4) is 0 Å². The number of anilines is 1. The third-order valence-electron chi connectivity index (χ3n) is 4.58. The minimum Gasteiger partial charge on any atom is -0.383 e. The zero-order valence-corrected chi connectivity index (χ0v) is 15.0. The van der Waals surface area contributed by atoms with Gasteiger partial charge >= 0.3 is 0 Å². The number of nitrogens with zero attached hydrogens (tertiary/aromatic N) is 1. The summed E-state index contributed by atoms with van der Waals surface area (Å²) in [6.07, 6.45) is 1.59. The standard InChI is InChI=1S/C19H24N2O2S/c1-14(20-13-19(2,23)17-5-4-12-24-17)15-7-9-16(10-8-15)21-11-3-6-18(21)22/h4-5,7-10,12,14,20,23H,3,6,11,13H2,1-2H3. The first-order chi connectivity index (χ1) is 11.5. The number of amides is 1. The molecule has 1 fully saturated rings. The Bertz CT molecular complexity index is 680.